The van der Waals surface area contributed by atoms with Gasteiger partial charge in [-0.15, -0.1) is 0 Å². The van der Waals surface area contributed by atoms with Crippen LogP contribution in [0.1, 0.15) is 41.0 Å². The van der Waals surface area contributed by atoms with Gasteiger partial charge in [-0.05, 0) is 66.4 Å². The lowest BCUT2D eigenvalue weighted by Crippen LogP contribution is -2.56. The number of amides is 2. The van der Waals surface area contributed by atoms with Crippen LogP contribution in [0.25, 0.3) is 0 Å². The van der Waals surface area contributed by atoms with Crippen molar-refractivity contribution in [1.29, 1.82) is 0 Å². The van der Waals surface area contributed by atoms with Crippen molar-refractivity contribution in [3.8, 4) is 0 Å². The fourth-order valence-electron chi connectivity index (χ4n) is 6.84. The Bertz CT molecular complexity index is 1890. The van der Waals surface area contributed by atoms with Gasteiger partial charge in [0.1, 0.15) is 17.5 Å². The summed E-state index contributed by atoms with van der Waals surface area (Å²) in [4.78, 5) is 21.1. The number of alkyl halides is 6. The Hall–Kier alpha value is -4.44. The van der Waals surface area contributed by atoms with Crippen molar-refractivity contribution >= 4 is 16.8 Å². The fourth-order valence-corrected chi connectivity index (χ4v) is 8.58. The van der Waals surface area contributed by atoms with Gasteiger partial charge in [-0.25, -0.2) is 18.0 Å². The van der Waals surface area contributed by atoms with Crippen molar-refractivity contribution < 1.29 is 53.3 Å². The van der Waals surface area contributed by atoms with E-state index in [2.05, 4.69) is 9.72 Å². The van der Waals surface area contributed by atoms with Crippen LogP contribution in [0.2, 0.25) is 0 Å². The van der Waals surface area contributed by atoms with Gasteiger partial charge in [0.25, 0.3) is 5.60 Å². The molecular formula is C36H30F9N3O3S. The van der Waals surface area contributed by atoms with Crippen LogP contribution < -0.4 is 0 Å². The van der Waals surface area contributed by atoms with Crippen molar-refractivity contribution in [2.45, 2.75) is 53.0 Å². The van der Waals surface area contributed by atoms with E-state index in [4.69, 9.17) is 0 Å². The average molecular weight is 756 g/mol. The van der Waals surface area contributed by atoms with Crippen molar-refractivity contribution in [2.75, 3.05) is 26.2 Å². The van der Waals surface area contributed by atoms with E-state index < -0.39 is 68.7 Å². The largest absolute Gasteiger partial charge is 0.430 e. The van der Waals surface area contributed by atoms with Gasteiger partial charge in [0.2, 0.25) is 0 Å². The topological polar surface area (TPSA) is 62.7 Å². The highest BCUT2D eigenvalue weighted by Crippen LogP contribution is 2.54. The summed E-state index contributed by atoms with van der Waals surface area (Å²) in [5, 5.41) is 0. The molecule has 0 aliphatic carbocycles. The fraction of sp³-hybridized carbons (Fsp3) is 0.333. The van der Waals surface area contributed by atoms with Crippen LogP contribution in [0.3, 0.4) is 0 Å². The minimum absolute atomic E-state index is 0.00526. The second kappa shape index (κ2) is 14.2. The molecule has 6 rings (SSSR count). The summed E-state index contributed by atoms with van der Waals surface area (Å²) in [5.41, 5.74) is -6.61. The summed E-state index contributed by atoms with van der Waals surface area (Å²) < 4.78 is 147. The van der Waals surface area contributed by atoms with E-state index in [1.54, 1.807) is 23.4 Å². The molecule has 2 unspecified atom stereocenters. The molecule has 2 amide bonds. The van der Waals surface area contributed by atoms with Crippen LogP contribution in [0.4, 0.5) is 44.3 Å². The number of aromatic nitrogens is 1. The Morgan fingerprint density at radius 2 is 1.50 bits per heavy atom. The number of carbonyl (C=O) groups is 1. The molecule has 16 heteroatoms. The third-order valence-electron chi connectivity index (χ3n) is 9.61. The van der Waals surface area contributed by atoms with E-state index in [0.717, 1.165) is 35.9 Å². The van der Waals surface area contributed by atoms with Gasteiger partial charge in [-0.3, -0.25) is 9.19 Å². The quantitative estimate of drug-likeness (QED) is 0.170. The summed E-state index contributed by atoms with van der Waals surface area (Å²) in [6, 6.07) is 13.0. The number of likely N-dealkylation sites (tertiary alicyclic amines) is 2. The van der Waals surface area contributed by atoms with E-state index in [1.165, 1.54) is 17.0 Å². The van der Waals surface area contributed by atoms with Gasteiger partial charge in [-0.2, -0.15) is 26.3 Å². The SMILES string of the molecule is O=C(N1CCC(c2cccnc2)C1)N1CC[C@](c2ccc(C(OCc3c(F)cccc3F)(C(F)(F)F)C(F)(F)F)cc2)(S(=O)c2ccc(F)cc2)C1. The van der Waals surface area contributed by atoms with E-state index in [0.29, 0.717) is 43.8 Å². The first kappa shape index (κ1) is 37.3. The number of carbonyl (C=O) groups excluding carboxylic acids is 1. The van der Waals surface area contributed by atoms with Gasteiger partial charge in [0, 0.05) is 60.5 Å². The Morgan fingerprint density at radius 1 is 0.846 bits per heavy atom. The Balaban J connectivity index is 1.35. The molecule has 276 valence electrons. The number of rotatable bonds is 8. The molecule has 2 saturated heterocycles. The first-order chi connectivity index (χ1) is 24.6. The number of nitrogens with zero attached hydrogens (tertiary/aromatic N) is 3. The maximum absolute atomic E-state index is 14.6. The standard InChI is InChI=1S/C36H30F9N3O3S/c37-27-10-12-28(13-11-27)52(50)33(15-18-48(22-33)32(49)47-17-14-24(20-47)23-3-2-16-46-19-23)25-6-8-26(9-7-25)34(35(40,41)42,36(43,44)45)51-21-29-30(38)4-1-5-31(29)39/h1-13,16,19,24H,14-15,17-18,20-22H2/t24?,33-,52?/m0/s1. The molecule has 1 aromatic heterocycles. The average Bonchev–Trinajstić information content (AvgIpc) is 3.79. The minimum Gasteiger partial charge on any atom is -0.349 e. The first-order valence-electron chi connectivity index (χ1n) is 16.0. The zero-order valence-corrected chi connectivity index (χ0v) is 27.9. The predicted molar refractivity (Wildman–Crippen MR) is 171 cm³/mol. The molecule has 3 aromatic carbocycles. The highest BCUT2D eigenvalue weighted by molar-refractivity contribution is 7.86. The van der Waals surface area contributed by atoms with E-state index in [9.17, 15) is 48.5 Å². The molecule has 0 radical (unpaired) electrons. The Morgan fingerprint density at radius 3 is 2.10 bits per heavy atom. The maximum Gasteiger partial charge on any atom is 0.430 e. The van der Waals surface area contributed by atoms with Gasteiger partial charge in [-0.1, -0.05) is 36.4 Å². The molecular weight excluding hydrogens is 725 g/mol. The van der Waals surface area contributed by atoms with E-state index in [-0.39, 0.29) is 41.9 Å². The summed E-state index contributed by atoms with van der Waals surface area (Å²) in [5.74, 6) is -3.42. The molecule has 52 heavy (non-hydrogen) atoms. The van der Waals surface area contributed by atoms with Crippen molar-refractivity contribution in [3.63, 3.8) is 0 Å². The van der Waals surface area contributed by atoms with E-state index >= 15 is 0 Å². The first-order valence-corrected chi connectivity index (χ1v) is 17.1. The van der Waals surface area contributed by atoms with Crippen LogP contribution in [-0.2, 0) is 32.5 Å². The summed E-state index contributed by atoms with van der Waals surface area (Å²) in [6.07, 6.45) is -8.33. The number of hydrogen-bond acceptors (Lipinski definition) is 4. The molecule has 2 fully saturated rings. The van der Waals surface area contributed by atoms with Gasteiger partial charge in [0.05, 0.1) is 22.2 Å². The Labute approximate surface area is 294 Å². The summed E-state index contributed by atoms with van der Waals surface area (Å²) >= 11 is 0. The molecule has 4 aromatic rings. The number of hydrogen-bond donors (Lipinski definition) is 0. The highest BCUT2D eigenvalue weighted by atomic mass is 32.2. The molecule has 0 bridgehead atoms. The zero-order valence-electron chi connectivity index (χ0n) is 27.1. The number of halogens is 9. The molecule has 0 N–H and O–H groups in total. The number of benzene rings is 3. The smallest absolute Gasteiger partial charge is 0.349 e. The van der Waals surface area contributed by atoms with Crippen molar-refractivity contribution in [1.82, 2.24) is 14.8 Å². The monoisotopic (exact) mass is 755 g/mol. The molecule has 6 nitrogen and oxygen atoms in total. The minimum atomic E-state index is -6.16. The zero-order chi connectivity index (χ0) is 37.5. The van der Waals surface area contributed by atoms with Crippen LogP contribution in [0.5, 0.6) is 0 Å². The number of ether oxygens (including phenoxy) is 1. The lowest BCUT2D eigenvalue weighted by atomic mass is 9.88. The summed E-state index contributed by atoms with van der Waals surface area (Å²) in [6.45, 7) is -1.11. The third-order valence-corrected chi connectivity index (χ3v) is 11.6. The van der Waals surface area contributed by atoms with Crippen LogP contribution >= 0.6 is 0 Å². The second-order valence-corrected chi connectivity index (χ2v) is 14.4. The van der Waals surface area contributed by atoms with Crippen molar-refractivity contribution in [3.05, 3.63) is 131 Å². The maximum atomic E-state index is 14.6. The van der Waals surface area contributed by atoms with E-state index in [1.807, 2.05) is 6.07 Å². The van der Waals surface area contributed by atoms with Gasteiger partial charge < -0.3 is 14.5 Å². The normalized spacial score (nSPS) is 20.4. The third kappa shape index (κ3) is 6.77. The number of urea groups is 1. The molecule has 2 aliphatic rings. The lowest BCUT2D eigenvalue weighted by molar-refractivity contribution is -0.392. The second-order valence-electron chi connectivity index (χ2n) is 12.6. The molecule has 2 aliphatic heterocycles. The number of pyridine rings is 1. The van der Waals surface area contributed by atoms with Crippen molar-refractivity contribution in [2.24, 2.45) is 0 Å². The Kier molecular flexibility index (Phi) is 10.2. The molecule has 0 saturated carbocycles. The molecule has 3 heterocycles. The lowest BCUT2D eigenvalue weighted by Gasteiger charge is -2.38. The predicted octanol–water partition coefficient (Wildman–Crippen LogP) is 8.35. The van der Waals surface area contributed by atoms with Gasteiger partial charge in [0.15, 0.2) is 0 Å². The van der Waals surface area contributed by atoms with Gasteiger partial charge >= 0.3 is 18.4 Å². The van der Waals surface area contributed by atoms with Crippen LogP contribution in [-0.4, -0.2) is 63.6 Å². The van der Waals surface area contributed by atoms with Crippen LogP contribution in [0, 0.1) is 17.5 Å². The molecule has 3 atom stereocenters. The highest BCUT2D eigenvalue weighted by Gasteiger charge is 2.73. The van der Waals surface area contributed by atoms with Crippen LogP contribution in [0.15, 0.2) is 96.2 Å². The molecule has 0 spiro atoms. The summed E-state index contributed by atoms with van der Waals surface area (Å²) in [7, 11) is -2.09.